The second kappa shape index (κ2) is 7.22. The molecule has 7 heteroatoms. The zero-order chi connectivity index (χ0) is 14.2. The van der Waals surface area contributed by atoms with Gasteiger partial charge in [0.1, 0.15) is 0 Å². The molecule has 0 radical (unpaired) electrons. The van der Waals surface area contributed by atoms with Gasteiger partial charge in [-0.2, -0.15) is 0 Å². The van der Waals surface area contributed by atoms with Crippen LogP contribution in [0.5, 0.6) is 0 Å². The van der Waals surface area contributed by atoms with Gasteiger partial charge in [0.2, 0.25) is 10.4 Å². The van der Waals surface area contributed by atoms with E-state index in [-0.39, 0.29) is 0 Å². The Balaban J connectivity index is 0.000000411. The van der Waals surface area contributed by atoms with Crippen LogP contribution in [-0.4, -0.2) is 52.0 Å². The van der Waals surface area contributed by atoms with E-state index in [4.69, 9.17) is 0 Å². The fraction of sp³-hybridized carbons (Fsp3) is 0.364. The highest BCUT2D eigenvalue weighted by molar-refractivity contribution is 7.80. The minimum Gasteiger partial charge on any atom is -0.726 e. The highest BCUT2D eigenvalue weighted by atomic mass is 32.3. The third-order valence-electron chi connectivity index (χ3n) is 1.56. The average molecular weight is 274 g/mol. The topological polar surface area (TPSA) is 78.8 Å². The quantitative estimate of drug-likeness (QED) is 0.269. The fourth-order valence-corrected chi connectivity index (χ4v) is 0.779. The number of rotatable bonds is 3. The molecule has 1 rings (SSSR count). The molecule has 1 aromatic carbocycles. The van der Waals surface area contributed by atoms with Crippen LogP contribution in [0.25, 0.3) is 0 Å². The molecule has 0 fully saturated rings. The molecular weight excluding hydrogens is 256 g/mol. The molecule has 0 atom stereocenters. The highest BCUT2D eigenvalue weighted by Gasteiger charge is 2.00. The van der Waals surface area contributed by atoms with Crippen molar-refractivity contribution in [2.24, 2.45) is 5.10 Å². The summed E-state index contributed by atoms with van der Waals surface area (Å²) in [6, 6.07) is 10.1. The van der Waals surface area contributed by atoms with E-state index in [0.717, 1.165) is 12.7 Å². The lowest BCUT2D eigenvalue weighted by Crippen LogP contribution is -2.27. The summed E-state index contributed by atoms with van der Waals surface area (Å²) in [5.41, 5.74) is 1.14. The van der Waals surface area contributed by atoms with Crippen molar-refractivity contribution in [3.8, 4) is 0 Å². The minimum absolute atomic E-state index is 0.606. The highest BCUT2D eigenvalue weighted by Crippen LogP contribution is 1.96. The van der Waals surface area contributed by atoms with Crippen LogP contribution < -0.4 is 0 Å². The van der Waals surface area contributed by atoms with Crippen molar-refractivity contribution >= 4 is 16.6 Å². The first-order chi connectivity index (χ1) is 8.14. The molecule has 0 bridgehead atoms. The summed E-state index contributed by atoms with van der Waals surface area (Å²) in [4.78, 5) is 0. The van der Waals surface area contributed by atoms with Crippen molar-refractivity contribution in [1.29, 1.82) is 0 Å². The van der Waals surface area contributed by atoms with Crippen molar-refractivity contribution in [3.63, 3.8) is 0 Å². The molecule has 0 saturated carbocycles. The van der Waals surface area contributed by atoms with E-state index in [0.29, 0.717) is 4.59 Å². The number of benzene rings is 1. The van der Waals surface area contributed by atoms with E-state index in [1.54, 1.807) is 0 Å². The van der Waals surface area contributed by atoms with Crippen LogP contribution >= 0.6 is 0 Å². The Bertz CT molecular complexity index is 464. The van der Waals surface area contributed by atoms with E-state index >= 15 is 0 Å². The minimum atomic E-state index is -4.41. The molecule has 0 amide bonds. The Morgan fingerprint density at radius 3 is 2.00 bits per heavy atom. The van der Waals surface area contributed by atoms with Crippen LogP contribution in [0.2, 0.25) is 0 Å². The summed E-state index contributed by atoms with van der Waals surface area (Å²) < 4.78 is 31.6. The lowest BCUT2D eigenvalue weighted by Gasteiger charge is -2.14. The fourth-order valence-electron chi connectivity index (χ4n) is 0.779. The standard InChI is InChI=1S/C10H15N2.CH4O4S/c1-12(2,3)11-9-10-7-5-4-6-8-10;1-5-6(2,3)4/h4-9H,1-3H3;1H3,(H,2,3,4)/q+1;/p-1/b11-9+;. The zero-order valence-electron chi connectivity index (χ0n) is 10.9. The molecule has 0 heterocycles. The number of quaternary nitrogens is 1. The maximum Gasteiger partial charge on any atom is 0.217 e. The van der Waals surface area contributed by atoms with Crippen molar-refractivity contribution in [2.45, 2.75) is 0 Å². The Morgan fingerprint density at radius 1 is 1.22 bits per heavy atom. The summed E-state index contributed by atoms with van der Waals surface area (Å²) in [7, 11) is 2.48. The Hall–Kier alpha value is -1.28. The normalized spacial score (nSPS) is 12.1. The summed E-state index contributed by atoms with van der Waals surface area (Å²) >= 11 is 0. The third-order valence-corrected chi connectivity index (χ3v) is 1.97. The first-order valence-corrected chi connectivity index (χ1v) is 6.41. The van der Waals surface area contributed by atoms with E-state index in [1.165, 1.54) is 0 Å². The van der Waals surface area contributed by atoms with Gasteiger partial charge in [-0.3, -0.25) is 4.18 Å². The van der Waals surface area contributed by atoms with E-state index in [2.05, 4.69) is 9.28 Å². The smallest absolute Gasteiger partial charge is 0.217 e. The molecule has 0 aliphatic rings. The largest absolute Gasteiger partial charge is 0.726 e. The van der Waals surface area contributed by atoms with Crippen molar-refractivity contribution in [2.75, 3.05) is 28.3 Å². The van der Waals surface area contributed by atoms with Crippen molar-refractivity contribution in [3.05, 3.63) is 35.9 Å². The predicted molar refractivity (Wildman–Crippen MR) is 68.8 cm³/mol. The summed E-state index contributed by atoms with van der Waals surface area (Å²) in [5, 5.41) is 4.34. The first-order valence-electron chi connectivity index (χ1n) is 5.07. The van der Waals surface area contributed by atoms with Crippen LogP contribution in [0.15, 0.2) is 35.4 Å². The maximum absolute atomic E-state index is 9.22. The molecule has 0 N–H and O–H groups in total. The third kappa shape index (κ3) is 11.2. The van der Waals surface area contributed by atoms with Gasteiger partial charge in [-0.25, -0.2) is 13.0 Å². The van der Waals surface area contributed by atoms with Gasteiger partial charge in [-0.05, 0) is 5.56 Å². The molecule has 18 heavy (non-hydrogen) atoms. The Labute approximate surface area is 108 Å². The molecule has 0 aliphatic heterocycles. The lowest BCUT2D eigenvalue weighted by atomic mass is 10.2. The van der Waals surface area contributed by atoms with Gasteiger partial charge < -0.3 is 4.55 Å². The first kappa shape index (κ1) is 16.7. The molecule has 1 aromatic rings. The second-order valence-electron chi connectivity index (χ2n) is 4.17. The molecule has 0 spiro atoms. The summed E-state index contributed by atoms with van der Waals surface area (Å²) in [6.07, 6.45) is 1.89. The zero-order valence-corrected chi connectivity index (χ0v) is 11.7. The van der Waals surface area contributed by atoms with E-state index < -0.39 is 10.4 Å². The van der Waals surface area contributed by atoms with Gasteiger partial charge in [-0.15, -0.1) is 0 Å². The lowest BCUT2D eigenvalue weighted by molar-refractivity contribution is -0.876. The molecule has 0 saturated heterocycles. The van der Waals surface area contributed by atoms with Gasteiger partial charge in [0, 0.05) is 0 Å². The number of nitrogens with zero attached hydrogens (tertiary/aromatic N) is 2. The van der Waals surface area contributed by atoms with Gasteiger partial charge >= 0.3 is 0 Å². The van der Waals surface area contributed by atoms with Crippen molar-refractivity contribution < 1.29 is 21.7 Å². The van der Waals surface area contributed by atoms with Gasteiger partial charge in [0.15, 0.2) is 0 Å². The van der Waals surface area contributed by atoms with Crippen LogP contribution in [0.1, 0.15) is 5.56 Å². The van der Waals surface area contributed by atoms with Crippen molar-refractivity contribution in [1.82, 2.24) is 0 Å². The monoisotopic (exact) mass is 274 g/mol. The SMILES string of the molecule is COS(=O)(=O)[O-].C[N+](C)(C)/N=C/c1ccccc1. The number of hydrogen-bond acceptors (Lipinski definition) is 5. The van der Waals surface area contributed by atoms with E-state index in [1.807, 2.05) is 57.7 Å². The molecule has 0 aromatic heterocycles. The number of hydrogen-bond donors (Lipinski definition) is 0. The summed E-state index contributed by atoms with van der Waals surface area (Å²) in [6.45, 7) is 0. The Kier molecular flexibility index (Phi) is 6.71. The van der Waals surface area contributed by atoms with E-state index in [9.17, 15) is 13.0 Å². The van der Waals surface area contributed by atoms with Gasteiger partial charge in [0.05, 0.1) is 34.5 Å². The summed E-state index contributed by atoms with van der Waals surface area (Å²) in [5.74, 6) is 0. The molecule has 0 aliphatic carbocycles. The van der Waals surface area contributed by atoms with Crippen LogP contribution in [0.4, 0.5) is 0 Å². The van der Waals surface area contributed by atoms with Crippen LogP contribution in [0, 0.1) is 0 Å². The predicted octanol–water partition coefficient (Wildman–Crippen LogP) is 0.820. The second-order valence-corrected chi connectivity index (χ2v) is 5.32. The molecule has 6 nitrogen and oxygen atoms in total. The van der Waals surface area contributed by atoms with Crippen LogP contribution in [0.3, 0.4) is 0 Å². The Morgan fingerprint density at radius 2 is 1.67 bits per heavy atom. The molecular formula is C11H18N2O4S. The average Bonchev–Trinajstić information content (AvgIpc) is 2.27. The van der Waals surface area contributed by atoms with Gasteiger partial charge in [0.25, 0.3) is 0 Å². The maximum atomic E-state index is 9.22. The van der Waals surface area contributed by atoms with Crippen LogP contribution in [-0.2, 0) is 14.6 Å². The molecule has 0 unspecified atom stereocenters. The van der Waals surface area contributed by atoms with Gasteiger partial charge in [-0.1, -0.05) is 35.4 Å². The molecule has 102 valence electrons.